The molecule has 4 heteroatoms. The molecule has 17 heavy (non-hydrogen) atoms. The molecule has 4 nitrogen and oxygen atoms in total. The van der Waals surface area contributed by atoms with Gasteiger partial charge in [0, 0.05) is 17.7 Å². The SMILES string of the molecule is CC1(C)CC1NCCc1ccccc1[N+](=O)[O-]. The molecule has 92 valence electrons. The number of nitrogens with zero attached hydrogens (tertiary/aromatic N) is 1. The fourth-order valence-electron chi connectivity index (χ4n) is 2.10. The van der Waals surface area contributed by atoms with E-state index in [9.17, 15) is 10.1 Å². The molecule has 0 spiro atoms. The fourth-order valence-corrected chi connectivity index (χ4v) is 2.10. The maximum absolute atomic E-state index is 10.8. The lowest BCUT2D eigenvalue weighted by atomic mass is 10.1. The third kappa shape index (κ3) is 2.82. The minimum Gasteiger partial charge on any atom is -0.313 e. The van der Waals surface area contributed by atoms with Crippen LogP contribution >= 0.6 is 0 Å². The molecule has 1 saturated carbocycles. The van der Waals surface area contributed by atoms with Crippen molar-refractivity contribution in [2.75, 3.05) is 6.54 Å². The van der Waals surface area contributed by atoms with Gasteiger partial charge in [0.1, 0.15) is 0 Å². The van der Waals surface area contributed by atoms with Crippen molar-refractivity contribution >= 4 is 5.69 Å². The molecule has 0 bridgehead atoms. The number of nitro benzene ring substituents is 1. The van der Waals surface area contributed by atoms with E-state index < -0.39 is 0 Å². The number of rotatable bonds is 5. The van der Waals surface area contributed by atoms with E-state index in [0.717, 1.165) is 12.1 Å². The summed E-state index contributed by atoms with van der Waals surface area (Å²) in [6.45, 7) is 5.27. The Balaban J connectivity index is 1.89. The minimum absolute atomic E-state index is 0.226. The van der Waals surface area contributed by atoms with Crippen molar-refractivity contribution in [2.45, 2.75) is 32.7 Å². The van der Waals surface area contributed by atoms with Crippen LogP contribution in [0.1, 0.15) is 25.8 Å². The zero-order valence-corrected chi connectivity index (χ0v) is 10.3. The van der Waals surface area contributed by atoms with Crippen LogP contribution < -0.4 is 5.32 Å². The van der Waals surface area contributed by atoms with Crippen LogP contribution in [0.4, 0.5) is 5.69 Å². The van der Waals surface area contributed by atoms with Gasteiger partial charge < -0.3 is 5.32 Å². The zero-order valence-electron chi connectivity index (χ0n) is 10.3. The molecule has 1 aliphatic rings. The summed E-state index contributed by atoms with van der Waals surface area (Å²) in [7, 11) is 0. The highest BCUT2D eigenvalue weighted by Gasteiger charge is 2.44. The van der Waals surface area contributed by atoms with Gasteiger partial charge in [-0.3, -0.25) is 10.1 Å². The van der Waals surface area contributed by atoms with Crippen LogP contribution in [0.5, 0.6) is 0 Å². The molecule has 1 aromatic rings. The molecule has 0 aromatic heterocycles. The Morgan fingerprint density at radius 2 is 2.12 bits per heavy atom. The lowest BCUT2D eigenvalue weighted by molar-refractivity contribution is -0.385. The lowest BCUT2D eigenvalue weighted by Crippen LogP contribution is -2.23. The first-order valence-corrected chi connectivity index (χ1v) is 5.96. The number of hydrogen-bond acceptors (Lipinski definition) is 3. The van der Waals surface area contributed by atoms with Gasteiger partial charge in [0.25, 0.3) is 5.69 Å². The summed E-state index contributed by atoms with van der Waals surface area (Å²) in [5.41, 5.74) is 1.44. The van der Waals surface area contributed by atoms with E-state index >= 15 is 0 Å². The standard InChI is InChI=1S/C13H18N2O2/c1-13(2)9-12(13)14-8-7-10-5-3-4-6-11(10)15(16)17/h3-6,12,14H,7-9H2,1-2H3. The normalized spacial score (nSPS) is 21.2. The van der Waals surface area contributed by atoms with Gasteiger partial charge in [0.2, 0.25) is 0 Å². The molecule has 0 heterocycles. The molecule has 1 aromatic carbocycles. The molecule has 0 saturated heterocycles. The first-order chi connectivity index (χ1) is 8.00. The Morgan fingerprint density at radius 1 is 1.47 bits per heavy atom. The average Bonchev–Trinajstić information content (AvgIpc) is 2.87. The third-order valence-corrected chi connectivity index (χ3v) is 3.49. The maximum atomic E-state index is 10.8. The second kappa shape index (κ2) is 4.45. The van der Waals surface area contributed by atoms with Crippen molar-refractivity contribution in [3.63, 3.8) is 0 Å². The molecule has 1 atom stereocenters. The number of nitro groups is 1. The average molecular weight is 234 g/mol. The summed E-state index contributed by atoms with van der Waals surface area (Å²) in [6, 6.07) is 7.53. The summed E-state index contributed by atoms with van der Waals surface area (Å²) in [5, 5.41) is 14.3. The molecule has 0 radical (unpaired) electrons. The first kappa shape index (κ1) is 12.0. The van der Waals surface area contributed by atoms with Gasteiger partial charge in [-0.15, -0.1) is 0 Å². The molecule has 1 fully saturated rings. The highest BCUT2D eigenvalue weighted by Crippen LogP contribution is 2.44. The van der Waals surface area contributed by atoms with Crippen LogP contribution in [-0.4, -0.2) is 17.5 Å². The fraction of sp³-hybridized carbons (Fsp3) is 0.538. The minimum atomic E-state index is -0.309. The highest BCUT2D eigenvalue weighted by atomic mass is 16.6. The monoisotopic (exact) mass is 234 g/mol. The van der Waals surface area contributed by atoms with Crippen molar-refractivity contribution < 1.29 is 4.92 Å². The Bertz CT molecular complexity index is 429. The number of para-hydroxylation sites is 1. The number of benzene rings is 1. The Morgan fingerprint density at radius 3 is 2.71 bits per heavy atom. The van der Waals surface area contributed by atoms with E-state index in [1.165, 1.54) is 6.42 Å². The van der Waals surface area contributed by atoms with Gasteiger partial charge in [-0.2, -0.15) is 0 Å². The van der Waals surface area contributed by atoms with Crippen molar-refractivity contribution in [1.82, 2.24) is 5.32 Å². The quantitative estimate of drug-likeness (QED) is 0.629. The second-order valence-corrected chi connectivity index (χ2v) is 5.34. The van der Waals surface area contributed by atoms with Gasteiger partial charge in [-0.25, -0.2) is 0 Å². The number of hydrogen-bond donors (Lipinski definition) is 1. The van der Waals surface area contributed by atoms with E-state index in [1.807, 2.05) is 12.1 Å². The molecule has 1 unspecified atom stereocenters. The molecule has 0 amide bonds. The predicted molar refractivity (Wildman–Crippen MR) is 67.0 cm³/mol. The van der Waals surface area contributed by atoms with E-state index in [0.29, 0.717) is 17.9 Å². The van der Waals surface area contributed by atoms with E-state index in [1.54, 1.807) is 12.1 Å². The van der Waals surface area contributed by atoms with Crippen molar-refractivity contribution in [3.05, 3.63) is 39.9 Å². The van der Waals surface area contributed by atoms with E-state index in [2.05, 4.69) is 19.2 Å². The first-order valence-electron chi connectivity index (χ1n) is 5.96. The second-order valence-electron chi connectivity index (χ2n) is 5.34. The van der Waals surface area contributed by atoms with Gasteiger partial charge >= 0.3 is 0 Å². The Hall–Kier alpha value is -1.42. The molecule has 0 aliphatic heterocycles. The van der Waals surface area contributed by atoms with Gasteiger partial charge in [0.15, 0.2) is 0 Å². The molecular weight excluding hydrogens is 216 g/mol. The summed E-state index contributed by atoms with van der Waals surface area (Å²) < 4.78 is 0. The number of nitrogens with one attached hydrogen (secondary N) is 1. The van der Waals surface area contributed by atoms with Crippen LogP contribution in [0.3, 0.4) is 0 Å². The van der Waals surface area contributed by atoms with Crippen LogP contribution in [0.15, 0.2) is 24.3 Å². The van der Waals surface area contributed by atoms with Gasteiger partial charge in [-0.05, 0) is 24.8 Å². The van der Waals surface area contributed by atoms with Crippen molar-refractivity contribution in [1.29, 1.82) is 0 Å². The van der Waals surface area contributed by atoms with Crippen LogP contribution in [0.2, 0.25) is 0 Å². The molecule has 1 aliphatic carbocycles. The molecule has 1 N–H and O–H groups in total. The molecular formula is C13H18N2O2. The highest BCUT2D eigenvalue weighted by molar-refractivity contribution is 5.39. The van der Waals surface area contributed by atoms with Gasteiger partial charge in [0.05, 0.1) is 4.92 Å². The predicted octanol–water partition coefficient (Wildman–Crippen LogP) is 2.53. The third-order valence-electron chi connectivity index (χ3n) is 3.49. The van der Waals surface area contributed by atoms with E-state index in [-0.39, 0.29) is 10.6 Å². The van der Waals surface area contributed by atoms with E-state index in [4.69, 9.17) is 0 Å². The zero-order chi connectivity index (χ0) is 12.5. The van der Waals surface area contributed by atoms with Crippen molar-refractivity contribution in [2.24, 2.45) is 5.41 Å². The Kier molecular flexibility index (Phi) is 3.15. The molecule has 2 rings (SSSR count). The summed E-state index contributed by atoms with van der Waals surface area (Å²) in [5.74, 6) is 0. The summed E-state index contributed by atoms with van der Waals surface area (Å²) >= 11 is 0. The largest absolute Gasteiger partial charge is 0.313 e. The smallest absolute Gasteiger partial charge is 0.272 e. The van der Waals surface area contributed by atoms with Gasteiger partial charge in [-0.1, -0.05) is 32.0 Å². The maximum Gasteiger partial charge on any atom is 0.272 e. The summed E-state index contributed by atoms with van der Waals surface area (Å²) in [6.07, 6.45) is 1.91. The topological polar surface area (TPSA) is 55.2 Å². The van der Waals surface area contributed by atoms with Crippen LogP contribution in [0.25, 0.3) is 0 Å². The lowest BCUT2D eigenvalue weighted by Gasteiger charge is -2.06. The Labute approximate surface area is 101 Å². The summed E-state index contributed by atoms with van der Waals surface area (Å²) in [4.78, 5) is 10.5. The van der Waals surface area contributed by atoms with Crippen LogP contribution in [-0.2, 0) is 6.42 Å². The van der Waals surface area contributed by atoms with Crippen molar-refractivity contribution in [3.8, 4) is 0 Å². The van der Waals surface area contributed by atoms with Crippen LogP contribution in [0, 0.1) is 15.5 Å².